The molecule has 1 aromatic rings. The fraction of sp³-hybridized carbons (Fsp3) is 0.308. The Kier molecular flexibility index (Phi) is 4.07. The number of halogens is 2. The molecule has 2 rings (SSSR count). The van der Waals surface area contributed by atoms with Crippen molar-refractivity contribution in [2.24, 2.45) is 0 Å². The van der Waals surface area contributed by atoms with Crippen LogP contribution in [0.3, 0.4) is 0 Å². The molecule has 3 amide bonds. The lowest BCUT2D eigenvalue weighted by Crippen LogP contribution is -2.52. The molecule has 1 fully saturated rings. The number of carbonyl (C=O) groups excluding carboxylic acids is 3. The molecule has 0 aromatic heterocycles. The predicted octanol–water partition coefficient (Wildman–Crippen LogP) is 0.429. The van der Waals surface area contributed by atoms with E-state index in [1.54, 1.807) is 0 Å². The molecular formula is C13H12F2N2O3. The van der Waals surface area contributed by atoms with Gasteiger partial charge in [-0.1, -0.05) is 6.07 Å². The Morgan fingerprint density at radius 3 is 2.75 bits per heavy atom. The van der Waals surface area contributed by atoms with E-state index >= 15 is 0 Å². The van der Waals surface area contributed by atoms with E-state index in [0.717, 1.165) is 6.07 Å². The van der Waals surface area contributed by atoms with E-state index in [-0.39, 0.29) is 30.7 Å². The van der Waals surface area contributed by atoms with E-state index in [4.69, 9.17) is 0 Å². The zero-order valence-corrected chi connectivity index (χ0v) is 10.4. The molecule has 1 unspecified atom stereocenters. The minimum Gasteiger partial charge on any atom is -0.344 e. The molecule has 7 heteroatoms. The summed E-state index contributed by atoms with van der Waals surface area (Å²) in [6.07, 6.45) is 0.0493. The van der Waals surface area contributed by atoms with Gasteiger partial charge in [0, 0.05) is 12.5 Å². The number of nitrogens with one attached hydrogen (secondary N) is 2. The highest BCUT2D eigenvalue weighted by Gasteiger charge is 2.27. The lowest BCUT2D eigenvalue weighted by Gasteiger charge is -2.21. The Balaban J connectivity index is 1.95. The molecular weight excluding hydrogens is 270 g/mol. The van der Waals surface area contributed by atoms with Gasteiger partial charge in [0.2, 0.25) is 17.7 Å². The first-order valence-electron chi connectivity index (χ1n) is 6.02. The van der Waals surface area contributed by atoms with Gasteiger partial charge in [-0.25, -0.2) is 8.78 Å². The minimum atomic E-state index is -0.816. The molecule has 0 aliphatic carbocycles. The first-order valence-corrected chi connectivity index (χ1v) is 6.02. The lowest BCUT2D eigenvalue weighted by atomic mass is 10.1. The number of hydrogen-bond acceptors (Lipinski definition) is 3. The molecule has 2 N–H and O–H groups in total. The zero-order valence-electron chi connectivity index (χ0n) is 10.4. The van der Waals surface area contributed by atoms with Crippen LogP contribution in [0.1, 0.15) is 18.4 Å². The number of rotatable bonds is 3. The van der Waals surface area contributed by atoms with Crippen LogP contribution in [0.5, 0.6) is 0 Å². The second-order valence-corrected chi connectivity index (χ2v) is 4.48. The first-order chi connectivity index (χ1) is 9.45. The maximum Gasteiger partial charge on any atom is 0.249 e. The van der Waals surface area contributed by atoms with Crippen LogP contribution in [0, 0.1) is 11.6 Å². The summed E-state index contributed by atoms with van der Waals surface area (Å²) in [6.45, 7) is 0. The summed E-state index contributed by atoms with van der Waals surface area (Å²) < 4.78 is 26.1. The first kappa shape index (κ1) is 14.1. The number of piperidine rings is 1. The van der Waals surface area contributed by atoms with Gasteiger partial charge in [-0.15, -0.1) is 0 Å². The van der Waals surface area contributed by atoms with Crippen LogP contribution in [0.15, 0.2) is 18.2 Å². The maximum absolute atomic E-state index is 13.4. The van der Waals surface area contributed by atoms with Gasteiger partial charge < -0.3 is 5.32 Å². The van der Waals surface area contributed by atoms with Crippen molar-refractivity contribution in [3.63, 3.8) is 0 Å². The molecule has 1 aliphatic heterocycles. The summed E-state index contributed by atoms with van der Waals surface area (Å²) in [5.74, 6) is -3.07. The van der Waals surface area contributed by atoms with Crippen molar-refractivity contribution in [3.8, 4) is 0 Å². The fourth-order valence-corrected chi connectivity index (χ4v) is 1.91. The van der Waals surface area contributed by atoms with Gasteiger partial charge in [-0.2, -0.15) is 0 Å². The summed E-state index contributed by atoms with van der Waals surface area (Å²) in [4.78, 5) is 34.1. The van der Waals surface area contributed by atoms with Crippen molar-refractivity contribution in [1.29, 1.82) is 0 Å². The van der Waals surface area contributed by atoms with Crippen molar-refractivity contribution < 1.29 is 23.2 Å². The van der Waals surface area contributed by atoms with Crippen LogP contribution < -0.4 is 10.6 Å². The molecule has 0 radical (unpaired) electrons. The van der Waals surface area contributed by atoms with Crippen molar-refractivity contribution in [1.82, 2.24) is 10.6 Å². The van der Waals surface area contributed by atoms with Crippen molar-refractivity contribution in [3.05, 3.63) is 35.4 Å². The minimum absolute atomic E-state index is 0.0381. The summed E-state index contributed by atoms with van der Waals surface area (Å²) in [7, 11) is 0. The highest BCUT2D eigenvalue weighted by molar-refractivity contribution is 6.01. The third-order valence-corrected chi connectivity index (χ3v) is 2.94. The monoisotopic (exact) mass is 282 g/mol. The number of amides is 3. The normalized spacial score (nSPS) is 18.6. The van der Waals surface area contributed by atoms with E-state index in [1.165, 1.54) is 6.07 Å². The molecule has 1 heterocycles. The van der Waals surface area contributed by atoms with E-state index < -0.39 is 29.5 Å². The lowest BCUT2D eigenvalue weighted by molar-refractivity contribution is -0.137. The van der Waals surface area contributed by atoms with E-state index in [2.05, 4.69) is 10.6 Å². The average Bonchev–Trinajstić information content (AvgIpc) is 2.36. The van der Waals surface area contributed by atoms with Crippen LogP contribution in [0.2, 0.25) is 0 Å². The maximum atomic E-state index is 13.4. The molecule has 1 saturated heterocycles. The number of imide groups is 1. The fourth-order valence-electron chi connectivity index (χ4n) is 1.91. The summed E-state index contributed by atoms with van der Waals surface area (Å²) in [5.41, 5.74) is 0.0381. The van der Waals surface area contributed by atoms with Gasteiger partial charge in [0.25, 0.3) is 0 Å². The second kappa shape index (κ2) is 5.77. The van der Waals surface area contributed by atoms with Gasteiger partial charge in [0.1, 0.15) is 17.7 Å². The Labute approximate surface area is 113 Å². The van der Waals surface area contributed by atoms with Crippen molar-refractivity contribution in [2.45, 2.75) is 25.3 Å². The van der Waals surface area contributed by atoms with E-state index in [0.29, 0.717) is 6.07 Å². The van der Waals surface area contributed by atoms with Crippen molar-refractivity contribution in [2.75, 3.05) is 0 Å². The summed E-state index contributed by atoms with van der Waals surface area (Å²) >= 11 is 0. The molecule has 5 nitrogen and oxygen atoms in total. The number of carbonyl (C=O) groups is 3. The Morgan fingerprint density at radius 1 is 1.35 bits per heavy atom. The van der Waals surface area contributed by atoms with E-state index in [9.17, 15) is 23.2 Å². The molecule has 0 spiro atoms. The predicted molar refractivity (Wildman–Crippen MR) is 64.4 cm³/mol. The topological polar surface area (TPSA) is 75.3 Å². The van der Waals surface area contributed by atoms with Crippen molar-refractivity contribution >= 4 is 17.7 Å². The van der Waals surface area contributed by atoms with Gasteiger partial charge in [0.15, 0.2) is 0 Å². The third kappa shape index (κ3) is 3.37. The molecule has 1 aromatic carbocycles. The largest absolute Gasteiger partial charge is 0.344 e. The second-order valence-electron chi connectivity index (χ2n) is 4.48. The molecule has 1 aliphatic rings. The quantitative estimate of drug-likeness (QED) is 0.789. The number of hydrogen-bond donors (Lipinski definition) is 2. The zero-order chi connectivity index (χ0) is 14.7. The summed E-state index contributed by atoms with van der Waals surface area (Å²) in [5, 5.41) is 4.52. The van der Waals surface area contributed by atoms with Crippen LogP contribution in [-0.2, 0) is 20.8 Å². The van der Waals surface area contributed by atoms with Crippen LogP contribution in [-0.4, -0.2) is 23.8 Å². The molecule has 1 atom stereocenters. The highest BCUT2D eigenvalue weighted by Crippen LogP contribution is 2.11. The van der Waals surface area contributed by atoms with Gasteiger partial charge in [-0.05, 0) is 18.1 Å². The van der Waals surface area contributed by atoms with Gasteiger partial charge >= 0.3 is 0 Å². The summed E-state index contributed by atoms with van der Waals surface area (Å²) in [6, 6.07) is 2.12. The SMILES string of the molecule is O=C1CCC(NC(=O)Cc2ccc(F)cc2F)C(=O)N1. The average molecular weight is 282 g/mol. The van der Waals surface area contributed by atoms with Gasteiger partial charge in [0.05, 0.1) is 6.42 Å². The van der Waals surface area contributed by atoms with Crippen LogP contribution >= 0.6 is 0 Å². The standard InChI is InChI=1S/C13H12F2N2O3/c14-8-2-1-7(9(15)6-8)5-12(19)16-10-3-4-11(18)17-13(10)20/h1-2,6,10H,3-5H2,(H,16,19)(H,17,18,20). The smallest absolute Gasteiger partial charge is 0.249 e. The molecule has 0 bridgehead atoms. The number of benzene rings is 1. The Hall–Kier alpha value is -2.31. The van der Waals surface area contributed by atoms with Crippen LogP contribution in [0.25, 0.3) is 0 Å². The third-order valence-electron chi connectivity index (χ3n) is 2.94. The van der Waals surface area contributed by atoms with Gasteiger partial charge in [-0.3, -0.25) is 19.7 Å². The highest BCUT2D eigenvalue weighted by atomic mass is 19.1. The Morgan fingerprint density at radius 2 is 2.10 bits per heavy atom. The molecule has 106 valence electrons. The van der Waals surface area contributed by atoms with E-state index in [1.807, 2.05) is 0 Å². The Bertz CT molecular complexity index is 575. The molecule has 0 saturated carbocycles. The van der Waals surface area contributed by atoms with Crippen LogP contribution in [0.4, 0.5) is 8.78 Å². The molecule has 20 heavy (non-hydrogen) atoms.